The predicted octanol–water partition coefficient (Wildman–Crippen LogP) is 1.86. The van der Waals surface area contributed by atoms with E-state index >= 15 is 0 Å². The van der Waals surface area contributed by atoms with Crippen LogP contribution < -0.4 is 11.1 Å². The zero-order valence-corrected chi connectivity index (χ0v) is 10.3. The third-order valence-corrected chi connectivity index (χ3v) is 2.66. The molecule has 0 spiro atoms. The van der Waals surface area contributed by atoms with E-state index in [-0.39, 0.29) is 5.91 Å². The van der Waals surface area contributed by atoms with Crippen molar-refractivity contribution in [2.24, 2.45) is 5.73 Å². The van der Waals surface area contributed by atoms with Crippen molar-refractivity contribution in [3.63, 3.8) is 0 Å². The van der Waals surface area contributed by atoms with Crippen LogP contribution in [0.5, 0.6) is 0 Å². The summed E-state index contributed by atoms with van der Waals surface area (Å²) < 4.78 is 0. The van der Waals surface area contributed by atoms with Gasteiger partial charge in [0.05, 0.1) is 6.42 Å². The number of nitrogens with one attached hydrogen (secondary N) is 1. The molecule has 1 aromatic carbocycles. The minimum atomic E-state index is 0.107. The van der Waals surface area contributed by atoms with E-state index in [1.54, 1.807) is 0 Å². The summed E-state index contributed by atoms with van der Waals surface area (Å²) in [6.45, 7) is 1.54. The lowest BCUT2D eigenvalue weighted by Crippen LogP contribution is -2.26. The fraction of sp³-hybridized carbons (Fsp3) is 0.500. The fourth-order valence-corrected chi connectivity index (χ4v) is 1.69. The van der Waals surface area contributed by atoms with Crippen molar-refractivity contribution in [3.05, 3.63) is 35.9 Å². The molecule has 94 valence electrons. The highest BCUT2D eigenvalue weighted by atomic mass is 16.1. The summed E-state index contributed by atoms with van der Waals surface area (Å²) in [6.07, 6.45) is 4.90. The predicted molar refractivity (Wildman–Crippen MR) is 70.7 cm³/mol. The second-order valence-electron chi connectivity index (χ2n) is 4.22. The summed E-state index contributed by atoms with van der Waals surface area (Å²) in [4.78, 5) is 11.6. The molecule has 0 aliphatic carbocycles. The molecule has 0 saturated carbocycles. The Morgan fingerprint density at radius 3 is 2.47 bits per heavy atom. The van der Waals surface area contributed by atoms with Gasteiger partial charge in [-0.2, -0.15) is 0 Å². The maximum Gasteiger partial charge on any atom is 0.224 e. The summed E-state index contributed by atoms with van der Waals surface area (Å²) in [5.74, 6) is 0.107. The molecule has 1 amide bonds. The third kappa shape index (κ3) is 6.74. The Morgan fingerprint density at radius 1 is 1.06 bits per heavy atom. The molecule has 1 aromatic rings. The number of hydrogen-bond donors (Lipinski definition) is 2. The van der Waals surface area contributed by atoms with Gasteiger partial charge in [-0.25, -0.2) is 0 Å². The van der Waals surface area contributed by atoms with Crippen LogP contribution in [0, 0.1) is 0 Å². The number of rotatable bonds is 8. The van der Waals surface area contributed by atoms with E-state index in [0.717, 1.165) is 44.3 Å². The average Bonchev–Trinajstić information content (AvgIpc) is 2.35. The molecule has 0 aliphatic rings. The standard InChI is InChI=1S/C14H22N2O/c15-10-6-1-2-7-11-16-14(17)12-13-8-4-3-5-9-13/h3-5,8-9H,1-2,6-7,10-12,15H2,(H,16,17). The smallest absolute Gasteiger partial charge is 0.224 e. The van der Waals surface area contributed by atoms with Gasteiger partial charge in [-0.05, 0) is 24.9 Å². The minimum Gasteiger partial charge on any atom is -0.356 e. The van der Waals surface area contributed by atoms with Crippen LogP contribution in [0.25, 0.3) is 0 Å². The average molecular weight is 234 g/mol. The molecule has 3 nitrogen and oxygen atoms in total. The second kappa shape index (κ2) is 8.76. The van der Waals surface area contributed by atoms with Crippen LogP contribution >= 0.6 is 0 Å². The molecule has 0 radical (unpaired) electrons. The van der Waals surface area contributed by atoms with Gasteiger partial charge in [0.25, 0.3) is 0 Å². The first kappa shape index (κ1) is 13.7. The normalized spacial score (nSPS) is 10.2. The maximum absolute atomic E-state index is 11.6. The molecule has 1 rings (SSSR count). The van der Waals surface area contributed by atoms with Gasteiger partial charge in [-0.15, -0.1) is 0 Å². The van der Waals surface area contributed by atoms with Gasteiger partial charge < -0.3 is 11.1 Å². The van der Waals surface area contributed by atoms with Crippen molar-refractivity contribution in [1.82, 2.24) is 5.32 Å². The topological polar surface area (TPSA) is 55.1 Å². The van der Waals surface area contributed by atoms with Gasteiger partial charge >= 0.3 is 0 Å². The molecule has 0 atom stereocenters. The van der Waals surface area contributed by atoms with Gasteiger partial charge in [0, 0.05) is 6.54 Å². The zero-order chi connectivity index (χ0) is 12.3. The van der Waals surface area contributed by atoms with Gasteiger partial charge in [0.1, 0.15) is 0 Å². The fourth-order valence-electron chi connectivity index (χ4n) is 1.69. The Labute approximate surface area is 103 Å². The first-order valence-corrected chi connectivity index (χ1v) is 6.33. The molecule has 0 unspecified atom stereocenters. The van der Waals surface area contributed by atoms with Crippen molar-refractivity contribution in [2.45, 2.75) is 32.1 Å². The highest BCUT2D eigenvalue weighted by Crippen LogP contribution is 2.00. The van der Waals surface area contributed by atoms with E-state index < -0.39 is 0 Å². The maximum atomic E-state index is 11.6. The Kier molecular flexibility index (Phi) is 7.07. The molecule has 0 saturated heterocycles. The van der Waals surface area contributed by atoms with Crippen LogP contribution in [0.15, 0.2) is 30.3 Å². The van der Waals surface area contributed by atoms with Crippen molar-refractivity contribution >= 4 is 5.91 Å². The van der Waals surface area contributed by atoms with Gasteiger partial charge in [-0.1, -0.05) is 43.2 Å². The summed E-state index contributed by atoms with van der Waals surface area (Å²) >= 11 is 0. The Morgan fingerprint density at radius 2 is 1.76 bits per heavy atom. The van der Waals surface area contributed by atoms with Crippen molar-refractivity contribution in [2.75, 3.05) is 13.1 Å². The van der Waals surface area contributed by atoms with E-state index in [9.17, 15) is 4.79 Å². The molecular weight excluding hydrogens is 212 g/mol. The zero-order valence-electron chi connectivity index (χ0n) is 10.3. The SMILES string of the molecule is NCCCCCCNC(=O)Cc1ccccc1. The van der Waals surface area contributed by atoms with Crippen molar-refractivity contribution in [3.8, 4) is 0 Å². The van der Waals surface area contributed by atoms with Crippen molar-refractivity contribution < 1.29 is 4.79 Å². The lowest BCUT2D eigenvalue weighted by Gasteiger charge is -2.05. The molecule has 0 aliphatic heterocycles. The molecule has 17 heavy (non-hydrogen) atoms. The van der Waals surface area contributed by atoms with E-state index in [1.807, 2.05) is 30.3 Å². The number of amides is 1. The molecule has 0 aromatic heterocycles. The highest BCUT2D eigenvalue weighted by Gasteiger charge is 2.01. The first-order valence-electron chi connectivity index (χ1n) is 6.33. The first-order chi connectivity index (χ1) is 8.33. The Balaban J connectivity index is 2.06. The highest BCUT2D eigenvalue weighted by molar-refractivity contribution is 5.78. The summed E-state index contributed by atoms with van der Waals surface area (Å²) in [7, 11) is 0. The van der Waals surface area contributed by atoms with E-state index in [1.165, 1.54) is 0 Å². The largest absolute Gasteiger partial charge is 0.356 e. The summed E-state index contributed by atoms with van der Waals surface area (Å²) in [5, 5.41) is 2.94. The van der Waals surface area contributed by atoms with Gasteiger partial charge in [0.15, 0.2) is 0 Å². The van der Waals surface area contributed by atoms with Crippen LogP contribution in [0.4, 0.5) is 0 Å². The van der Waals surface area contributed by atoms with Crippen LogP contribution in [0.2, 0.25) is 0 Å². The van der Waals surface area contributed by atoms with Gasteiger partial charge in [0.2, 0.25) is 5.91 Å². The number of hydrogen-bond acceptors (Lipinski definition) is 2. The molecule has 0 bridgehead atoms. The number of nitrogens with two attached hydrogens (primary N) is 1. The summed E-state index contributed by atoms with van der Waals surface area (Å²) in [6, 6.07) is 9.81. The van der Waals surface area contributed by atoms with Crippen LogP contribution in [0.1, 0.15) is 31.2 Å². The van der Waals surface area contributed by atoms with E-state index in [2.05, 4.69) is 5.32 Å². The molecule has 0 fully saturated rings. The number of carbonyl (C=O) groups excluding carboxylic acids is 1. The molecule has 3 heteroatoms. The molecule has 3 N–H and O–H groups in total. The molecular formula is C14H22N2O. The van der Waals surface area contributed by atoms with Crippen LogP contribution in [-0.4, -0.2) is 19.0 Å². The van der Waals surface area contributed by atoms with E-state index in [4.69, 9.17) is 5.73 Å². The van der Waals surface area contributed by atoms with E-state index in [0.29, 0.717) is 6.42 Å². The third-order valence-electron chi connectivity index (χ3n) is 2.66. The molecule has 0 heterocycles. The van der Waals surface area contributed by atoms with Crippen LogP contribution in [0.3, 0.4) is 0 Å². The minimum absolute atomic E-state index is 0.107. The Hall–Kier alpha value is -1.35. The lowest BCUT2D eigenvalue weighted by atomic mass is 10.1. The quantitative estimate of drug-likeness (QED) is 0.675. The second-order valence-corrected chi connectivity index (χ2v) is 4.22. The summed E-state index contributed by atoms with van der Waals surface area (Å²) in [5.41, 5.74) is 6.47. The lowest BCUT2D eigenvalue weighted by molar-refractivity contribution is -0.120. The Bertz CT molecular complexity index is 311. The van der Waals surface area contributed by atoms with Crippen molar-refractivity contribution in [1.29, 1.82) is 0 Å². The van der Waals surface area contributed by atoms with Crippen LogP contribution in [-0.2, 0) is 11.2 Å². The number of unbranched alkanes of at least 4 members (excludes halogenated alkanes) is 3. The number of benzene rings is 1. The van der Waals surface area contributed by atoms with Gasteiger partial charge in [-0.3, -0.25) is 4.79 Å². The monoisotopic (exact) mass is 234 g/mol. The number of carbonyl (C=O) groups is 1.